The van der Waals surface area contributed by atoms with Crippen LogP contribution in [0.25, 0.3) is 5.57 Å². The number of hydrogen-bond donors (Lipinski definition) is 0. The van der Waals surface area contributed by atoms with Gasteiger partial charge in [0.15, 0.2) is 0 Å². The van der Waals surface area contributed by atoms with Gasteiger partial charge in [-0.1, -0.05) is 78.7 Å². The van der Waals surface area contributed by atoms with Crippen molar-refractivity contribution in [1.29, 1.82) is 0 Å². The van der Waals surface area contributed by atoms with Crippen molar-refractivity contribution in [3.05, 3.63) is 88.5 Å². The van der Waals surface area contributed by atoms with E-state index in [1.165, 1.54) is 33.4 Å². The Labute approximate surface area is 157 Å². The number of aryl methyl sites for hydroxylation is 2. The number of allylic oxidation sites excluding steroid dienone is 4. The molecule has 1 atom stereocenters. The lowest BCUT2D eigenvalue weighted by Gasteiger charge is -2.18. The summed E-state index contributed by atoms with van der Waals surface area (Å²) in [6, 6.07) is 17.0. The molecule has 0 saturated carbocycles. The average molecular weight is 344 g/mol. The quantitative estimate of drug-likeness (QED) is 0.580. The average Bonchev–Trinajstić information content (AvgIpc) is 3.06. The van der Waals surface area contributed by atoms with Crippen LogP contribution in [0, 0.1) is 19.8 Å². The fourth-order valence-corrected chi connectivity index (χ4v) is 3.87. The first-order valence-electron chi connectivity index (χ1n) is 9.62. The molecule has 0 aromatic heterocycles. The van der Waals surface area contributed by atoms with Crippen molar-refractivity contribution in [2.45, 2.75) is 46.5 Å². The predicted octanol–water partition coefficient (Wildman–Crippen LogP) is 6.25. The van der Waals surface area contributed by atoms with Gasteiger partial charge in [-0.2, -0.15) is 0 Å². The van der Waals surface area contributed by atoms with E-state index in [1.807, 2.05) is 0 Å². The lowest BCUT2D eigenvalue weighted by molar-refractivity contribution is -0.118. The fraction of sp³-hybridized carbons (Fsp3) is 0.320. The summed E-state index contributed by atoms with van der Waals surface area (Å²) in [5, 5.41) is 0. The molecule has 1 unspecified atom stereocenters. The van der Waals surface area contributed by atoms with E-state index in [0.717, 1.165) is 12.8 Å². The first kappa shape index (κ1) is 18.4. The zero-order valence-corrected chi connectivity index (χ0v) is 16.1. The minimum atomic E-state index is 0.336. The molecule has 0 saturated heterocycles. The van der Waals surface area contributed by atoms with Crippen molar-refractivity contribution >= 4 is 11.4 Å². The molecule has 0 bridgehead atoms. The Morgan fingerprint density at radius 3 is 2.50 bits per heavy atom. The lowest BCUT2D eigenvalue weighted by atomic mass is 9.86. The van der Waals surface area contributed by atoms with Crippen molar-refractivity contribution in [3.63, 3.8) is 0 Å². The lowest BCUT2D eigenvalue weighted by Crippen LogP contribution is -2.08. The minimum Gasteiger partial charge on any atom is -0.299 e. The molecule has 1 aliphatic carbocycles. The van der Waals surface area contributed by atoms with E-state index in [0.29, 0.717) is 24.5 Å². The summed E-state index contributed by atoms with van der Waals surface area (Å²) in [6.45, 7) is 6.41. The molecule has 2 aromatic carbocycles. The van der Waals surface area contributed by atoms with Crippen LogP contribution in [0.5, 0.6) is 0 Å². The molecule has 2 aromatic rings. The Kier molecular flexibility index (Phi) is 5.88. The summed E-state index contributed by atoms with van der Waals surface area (Å²) < 4.78 is 0. The van der Waals surface area contributed by atoms with Gasteiger partial charge in [0.1, 0.15) is 5.78 Å². The van der Waals surface area contributed by atoms with Crippen LogP contribution in [0.3, 0.4) is 0 Å². The molecular weight excluding hydrogens is 316 g/mol. The second kappa shape index (κ2) is 8.31. The highest BCUT2D eigenvalue weighted by Crippen LogP contribution is 2.38. The van der Waals surface area contributed by atoms with Crippen LogP contribution in [0.1, 0.15) is 48.4 Å². The van der Waals surface area contributed by atoms with Gasteiger partial charge in [-0.3, -0.25) is 4.79 Å². The largest absolute Gasteiger partial charge is 0.299 e. The van der Waals surface area contributed by atoms with Crippen LogP contribution < -0.4 is 0 Å². The highest BCUT2D eigenvalue weighted by Gasteiger charge is 2.22. The van der Waals surface area contributed by atoms with Gasteiger partial charge in [0.05, 0.1) is 0 Å². The SMILES string of the molecule is CCC1C(CCC(=O)Cc2cc(C)ccc2C)=CC=C1c1ccccc1. The van der Waals surface area contributed by atoms with E-state index in [1.54, 1.807) is 0 Å². The van der Waals surface area contributed by atoms with Gasteiger partial charge in [0.25, 0.3) is 0 Å². The highest BCUT2D eigenvalue weighted by molar-refractivity contribution is 5.82. The van der Waals surface area contributed by atoms with E-state index >= 15 is 0 Å². The smallest absolute Gasteiger partial charge is 0.137 e. The van der Waals surface area contributed by atoms with Gasteiger partial charge in [-0.05, 0) is 49.0 Å². The molecule has 26 heavy (non-hydrogen) atoms. The normalized spacial score (nSPS) is 16.3. The summed E-state index contributed by atoms with van der Waals surface area (Å²) in [7, 11) is 0. The molecule has 3 rings (SSSR count). The topological polar surface area (TPSA) is 17.1 Å². The standard InChI is InChI=1S/C25H28O/c1-4-24-21(13-15-25(24)20-8-6-5-7-9-20)12-14-23(26)17-22-16-18(2)10-11-19(22)3/h5-11,13,15-16,24H,4,12,14,17H2,1-3H3. The zero-order valence-electron chi connectivity index (χ0n) is 16.1. The third kappa shape index (κ3) is 4.22. The molecule has 0 heterocycles. The van der Waals surface area contributed by atoms with E-state index < -0.39 is 0 Å². The number of benzene rings is 2. The van der Waals surface area contributed by atoms with Crippen molar-refractivity contribution < 1.29 is 4.79 Å². The number of carbonyl (C=O) groups is 1. The second-order valence-electron chi connectivity index (χ2n) is 7.34. The third-order valence-corrected chi connectivity index (χ3v) is 5.40. The fourth-order valence-electron chi connectivity index (χ4n) is 3.87. The van der Waals surface area contributed by atoms with Gasteiger partial charge >= 0.3 is 0 Å². The predicted molar refractivity (Wildman–Crippen MR) is 110 cm³/mol. The van der Waals surface area contributed by atoms with Gasteiger partial charge in [-0.25, -0.2) is 0 Å². The van der Waals surface area contributed by atoms with Crippen molar-refractivity contribution in [2.75, 3.05) is 0 Å². The first-order chi connectivity index (χ1) is 12.6. The van der Waals surface area contributed by atoms with Gasteiger partial charge in [0, 0.05) is 18.8 Å². The zero-order chi connectivity index (χ0) is 18.5. The molecule has 0 amide bonds. The Hall–Kier alpha value is -2.41. The Balaban J connectivity index is 1.60. The molecule has 0 aliphatic heterocycles. The molecule has 0 fully saturated rings. The first-order valence-corrected chi connectivity index (χ1v) is 9.62. The van der Waals surface area contributed by atoms with Crippen LogP contribution >= 0.6 is 0 Å². The summed E-state index contributed by atoms with van der Waals surface area (Å²) in [6.07, 6.45) is 7.62. The molecule has 134 valence electrons. The molecule has 0 spiro atoms. The number of ketones is 1. The van der Waals surface area contributed by atoms with E-state index in [2.05, 4.69) is 81.5 Å². The second-order valence-corrected chi connectivity index (χ2v) is 7.34. The molecule has 0 N–H and O–H groups in total. The maximum Gasteiger partial charge on any atom is 0.137 e. The number of rotatable bonds is 7. The van der Waals surface area contributed by atoms with Crippen LogP contribution in [0.15, 0.2) is 66.3 Å². The van der Waals surface area contributed by atoms with Crippen LogP contribution in [-0.2, 0) is 11.2 Å². The summed E-state index contributed by atoms with van der Waals surface area (Å²) in [4.78, 5) is 12.5. The molecular formula is C25H28O. The van der Waals surface area contributed by atoms with Crippen LogP contribution in [0.4, 0.5) is 0 Å². The monoisotopic (exact) mass is 344 g/mol. The van der Waals surface area contributed by atoms with Crippen LogP contribution in [0.2, 0.25) is 0 Å². The Morgan fingerprint density at radius 1 is 1.00 bits per heavy atom. The molecule has 0 radical (unpaired) electrons. The Bertz CT molecular complexity index is 840. The van der Waals surface area contributed by atoms with Crippen molar-refractivity contribution in [1.82, 2.24) is 0 Å². The van der Waals surface area contributed by atoms with E-state index in [-0.39, 0.29) is 0 Å². The van der Waals surface area contributed by atoms with Gasteiger partial charge < -0.3 is 0 Å². The van der Waals surface area contributed by atoms with Gasteiger partial charge in [0.2, 0.25) is 0 Å². The number of Topliss-reactive ketones (excluding diaryl/α,β-unsaturated/α-hetero) is 1. The van der Waals surface area contributed by atoms with E-state index in [9.17, 15) is 4.79 Å². The Morgan fingerprint density at radius 2 is 1.77 bits per heavy atom. The summed E-state index contributed by atoms with van der Waals surface area (Å²) in [5.41, 5.74) is 7.70. The highest BCUT2D eigenvalue weighted by atomic mass is 16.1. The maximum absolute atomic E-state index is 12.5. The maximum atomic E-state index is 12.5. The molecule has 1 heteroatoms. The summed E-state index contributed by atoms with van der Waals surface area (Å²) >= 11 is 0. The minimum absolute atomic E-state index is 0.336. The van der Waals surface area contributed by atoms with Crippen LogP contribution in [-0.4, -0.2) is 5.78 Å². The van der Waals surface area contributed by atoms with E-state index in [4.69, 9.17) is 0 Å². The molecule has 1 nitrogen and oxygen atoms in total. The third-order valence-electron chi connectivity index (χ3n) is 5.40. The molecule has 1 aliphatic rings. The van der Waals surface area contributed by atoms with Crippen molar-refractivity contribution in [2.24, 2.45) is 5.92 Å². The summed E-state index contributed by atoms with van der Waals surface area (Å²) in [5.74, 6) is 0.786. The number of carbonyl (C=O) groups excluding carboxylic acids is 1. The number of hydrogen-bond acceptors (Lipinski definition) is 1. The van der Waals surface area contributed by atoms with Gasteiger partial charge in [-0.15, -0.1) is 0 Å². The van der Waals surface area contributed by atoms with Crippen molar-refractivity contribution in [3.8, 4) is 0 Å².